The summed E-state index contributed by atoms with van der Waals surface area (Å²) in [6, 6.07) is 59.4. The van der Waals surface area contributed by atoms with E-state index in [1.165, 1.54) is 76.5 Å². The molecular formula is C45H28N2. The number of hydrogen-bond donors (Lipinski definition) is 0. The first kappa shape index (κ1) is 26.0. The Morgan fingerprint density at radius 2 is 0.915 bits per heavy atom. The lowest BCUT2D eigenvalue weighted by Gasteiger charge is -2.18. The van der Waals surface area contributed by atoms with Gasteiger partial charge in [-0.3, -0.25) is 4.98 Å². The molecule has 2 heteroatoms. The topological polar surface area (TPSA) is 17.8 Å². The Labute approximate surface area is 271 Å². The molecule has 47 heavy (non-hydrogen) atoms. The van der Waals surface area contributed by atoms with E-state index in [4.69, 9.17) is 4.98 Å². The molecule has 10 aromatic rings. The van der Waals surface area contributed by atoms with Gasteiger partial charge in [0.25, 0.3) is 0 Å². The summed E-state index contributed by atoms with van der Waals surface area (Å²) in [5, 5.41) is 11.1. The summed E-state index contributed by atoms with van der Waals surface area (Å²) in [6.07, 6.45) is 2.03. The van der Waals surface area contributed by atoms with Gasteiger partial charge in [0.2, 0.25) is 0 Å². The zero-order valence-corrected chi connectivity index (χ0v) is 25.6. The highest BCUT2D eigenvalue weighted by molar-refractivity contribution is 6.22. The Morgan fingerprint density at radius 1 is 0.362 bits per heavy atom. The van der Waals surface area contributed by atoms with Gasteiger partial charge in [0.15, 0.2) is 0 Å². The second-order valence-electron chi connectivity index (χ2n) is 12.3. The number of fused-ring (bicyclic) bond motifs is 7. The van der Waals surface area contributed by atoms with Crippen LogP contribution in [-0.2, 0) is 0 Å². The van der Waals surface area contributed by atoms with Crippen molar-refractivity contribution in [3.8, 4) is 27.9 Å². The van der Waals surface area contributed by atoms with Crippen molar-refractivity contribution in [3.05, 3.63) is 170 Å². The third kappa shape index (κ3) is 3.89. The molecular weight excluding hydrogens is 569 g/mol. The van der Waals surface area contributed by atoms with E-state index < -0.39 is 0 Å². The molecule has 2 heterocycles. The van der Waals surface area contributed by atoms with Gasteiger partial charge in [-0.2, -0.15) is 0 Å². The number of rotatable bonds is 3. The molecule has 0 aliphatic heterocycles. The van der Waals surface area contributed by atoms with Gasteiger partial charge in [-0.1, -0.05) is 127 Å². The van der Waals surface area contributed by atoms with Crippen molar-refractivity contribution in [2.45, 2.75) is 0 Å². The first-order valence-electron chi connectivity index (χ1n) is 16.1. The van der Waals surface area contributed by atoms with Crippen LogP contribution in [0.2, 0.25) is 0 Å². The van der Waals surface area contributed by atoms with Crippen molar-refractivity contribution < 1.29 is 0 Å². The number of hydrogen-bond acceptors (Lipinski definition) is 1. The summed E-state index contributed by atoms with van der Waals surface area (Å²) in [5.41, 5.74) is 9.47. The Bertz CT molecular complexity index is 2790. The highest BCUT2D eigenvalue weighted by atomic mass is 15.0. The molecule has 0 spiro atoms. The highest BCUT2D eigenvalue weighted by Crippen LogP contribution is 2.45. The van der Waals surface area contributed by atoms with Gasteiger partial charge in [0, 0.05) is 33.3 Å². The third-order valence-corrected chi connectivity index (χ3v) is 9.78. The van der Waals surface area contributed by atoms with Gasteiger partial charge >= 0.3 is 0 Å². The van der Waals surface area contributed by atoms with Crippen LogP contribution in [0.15, 0.2) is 170 Å². The van der Waals surface area contributed by atoms with Crippen LogP contribution in [0.3, 0.4) is 0 Å². The fourth-order valence-electron chi connectivity index (χ4n) is 7.75. The van der Waals surface area contributed by atoms with Gasteiger partial charge in [-0.15, -0.1) is 0 Å². The Balaban J connectivity index is 1.27. The number of pyridine rings is 1. The molecule has 0 bridgehead atoms. The van der Waals surface area contributed by atoms with Crippen molar-refractivity contribution in [1.82, 2.24) is 9.55 Å². The van der Waals surface area contributed by atoms with E-state index in [1.807, 2.05) is 12.3 Å². The van der Waals surface area contributed by atoms with E-state index in [0.717, 1.165) is 16.5 Å². The van der Waals surface area contributed by atoms with E-state index in [0.29, 0.717) is 0 Å². The molecule has 0 N–H and O–H groups in total. The van der Waals surface area contributed by atoms with Gasteiger partial charge < -0.3 is 4.57 Å². The van der Waals surface area contributed by atoms with Gasteiger partial charge in [0.05, 0.1) is 22.2 Å². The Hall–Kier alpha value is -6.25. The molecule has 8 aromatic carbocycles. The average Bonchev–Trinajstić information content (AvgIpc) is 3.47. The summed E-state index contributed by atoms with van der Waals surface area (Å²) in [6.45, 7) is 0. The molecule has 2 aromatic heterocycles. The summed E-state index contributed by atoms with van der Waals surface area (Å²) in [7, 11) is 0. The zero-order valence-electron chi connectivity index (χ0n) is 25.6. The molecule has 10 rings (SSSR count). The lowest BCUT2D eigenvalue weighted by atomic mass is 9.86. The molecule has 2 nitrogen and oxygen atoms in total. The SMILES string of the molecule is c1ccc2ncc(-c3c4ccccc4c(-c4ccc5c(c4)c4ccccc4n5-c4cccc5ccccc45)c4ccccc34)cc2c1. The summed E-state index contributed by atoms with van der Waals surface area (Å²) < 4.78 is 2.43. The lowest BCUT2D eigenvalue weighted by molar-refractivity contribution is 1.20. The average molecular weight is 597 g/mol. The van der Waals surface area contributed by atoms with Crippen LogP contribution >= 0.6 is 0 Å². The minimum absolute atomic E-state index is 1.01. The molecule has 0 radical (unpaired) electrons. The van der Waals surface area contributed by atoms with Crippen LogP contribution in [0.4, 0.5) is 0 Å². The van der Waals surface area contributed by atoms with Crippen LogP contribution in [0, 0.1) is 0 Å². The van der Waals surface area contributed by atoms with E-state index >= 15 is 0 Å². The lowest BCUT2D eigenvalue weighted by Crippen LogP contribution is -1.95. The largest absolute Gasteiger partial charge is 0.309 e. The monoisotopic (exact) mass is 596 g/mol. The maximum absolute atomic E-state index is 4.86. The second kappa shape index (κ2) is 10.1. The van der Waals surface area contributed by atoms with Crippen LogP contribution in [0.5, 0.6) is 0 Å². The van der Waals surface area contributed by atoms with Crippen molar-refractivity contribution in [3.63, 3.8) is 0 Å². The van der Waals surface area contributed by atoms with E-state index in [9.17, 15) is 0 Å². The van der Waals surface area contributed by atoms with Gasteiger partial charge in [-0.25, -0.2) is 0 Å². The fourth-order valence-corrected chi connectivity index (χ4v) is 7.75. The van der Waals surface area contributed by atoms with Crippen molar-refractivity contribution in [2.24, 2.45) is 0 Å². The molecule has 0 unspecified atom stereocenters. The fraction of sp³-hybridized carbons (Fsp3) is 0. The Morgan fingerprint density at radius 3 is 1.66 bits per heavy atom. The van der Waals surface area contributed by atoms with E-state index in [-0.39, 0.29) is 0 Å². The highest BCUT2D eigenvalue weighted by Gasteiger charge is 2.19. The molecule has 218 valence electrons. The summed E-state index contributed by atoms with van der Waals surface area (Å²) in [4.78, 5) is 4.86. The molecule has 0 aliphatic rings. The summed E-state index contributed by atoms with van der Waals surface area (Å²) >= 11 is 0. The van der Waals surface area contributed by atoms with Crippen molar-refractivity contribution >= 4 is 65.0 Å². The standard InChI is InChI=1S/C45H28N2/c1-3-15-33-29(12-1)14-11-23-41(33)47-42-22-10-8-16-34(42)39-27-31(24-25-43(39)47)44-35-17-4-6-19-37(35)45(38-20-7-5-18-36(38)44)32-26-30-13-2-9-21-40(30)46-28-32/h1-28H. The molecule has 0 saturated heterocycles. The summed E-state index contributed by atoms with van der Waals surface area (Å²) in [5.74, 6) is 0. The molecule has 0 aliphatic carbocycles. The van der Waals surface area contributed by atoms with Crippen molar-refractivity contribution in [2.75, 3.05) is 0 Å². The predicted molar refractivity (Wildman–Crippen MR) is 199 cm³/mol. The smallest absolute Gasteiger partial charge is 0.0702 e. The van der Waals surface area contributed by atoms with Crippen LogP contribution in [0.25, 0.3) is 93.0 Å². The van der Waals surface area contributed by atoms with Crippen molar-refractivity contribution in [1.29, 1.82) is 0 Å². The van der Waals surface area contributed by atoms with Crippen LogP contribution < -0.4 is 0 Å². The van der Waals surface area contributed by atoms with E-state index in [2.05, 4.69) is 162 Å². The number of nitrogens with zero attached hydrogens (tertiary/aromatic N) is 2. The van der Waals surface area contributed by atoms with Crippen LogP contribution in [-0.4, -0.2) is 9.55 Å². The first-order chi connectivity index (χ1) is 23.3. The minimum atomic E-state index is 1.01. The predicted octanol–water partition coefficient (Wildman–Crippen LogP) is 12.1. The number of benzene rings is 8. The minimum Gasteiger partial charge on any atom is -0.309 e. The molecule has 0 atom stereocenters. The maximum atomic E-state index is 4.86. The Kier molecular flexibility index (Phi) is 5.61. The number of para-hydroxylation sites is 2. The maximum Gasteiger partial charge on any atom is 0.0702 e. The molecule has 0 fully saturated rings. The van der Waals surface area contributed by atoms with E-state index in [1.54, 1.807) is 0 Å². The first-order valence-corrected chi connectivity index (χ1v) is 16.1. The normalized spacial score (nSPS) is 11.8. The molecule has 0 saturated carbocycles. The van der Waals surface area contributed by atoms with Gasteiger partial charge in [-0.05, 0) is 80.0 Å². The van der Waals surface area contributed by atoms with Gasteiger partial charge in [0.1, 0.15) is 0 Å². The second-order valence-corrected chi connectivity index (χ2v) is 12.3. The zero-order chi connectivity index (χ0) is 30.9. The number of aromatic nitrogens is 2. The molecule has 0 amide bonds. The third-order valence-electron chi connectivity index (χ3n) is 9.78. The van der Waals surface area contributed by atoms with Crippen LogP contribution in [0.1, 0.15) is 0 Å². The quantitative estimate of drug-likeness (QED) is 0.186.